The Hall–Kier alpha value is -3.03. The van der Waals surface area contributed by atoms with Crippen LogP contribution < -0.4 is 5.32 Å². The molecular weight excluding hydrogens is 270 g/mol. The van der Waals surface area contributed by atoms with Crippen LogP contribution in [0.4, 0.5) is 5.82 Å². The van der Waals surface area contributed by atoms with Gasteiger partial charge in [-0.05, 0) is 26.0 Å². The zero-order valence-electron chi connectivity index (χ0n) is 11.5. The number of anilines is 1. The van der Waals surface area contributed by atoms with Crippen LogP contribution in [0, 0.1) is 13.8 Å². The number of aromatic amines is 1. The number of nitrogens with one attached hydrogen (secondary N) is 2. The molecule has 3 aromatic heterocycles. The molecule has 0 aliphatic carbocycles. The van der Waals surface area contributed by atoms with E-state index in [0.29, 0.717) is 17.2 Å². The minimum atomic E-state index is -0.262. The van der Waals surface area contributed by atoms with Crippen molar-refractivity contribution < 1.29 is 4.79 Å². The largest absolute Gasteiger partial charge is 0.305 e. The second-order valence-corrected chi connectivity index (χ2v) is 4.52. The first-order valence-electron chi connectivity index (χ1n) is 6.29. The number of aromatic nitrogens is 6. The van der Waals surface area contributed by atoms with E-state index in [2.05, 4.69) is 30.6 Å². The normalized spacial score (nSPS) is 10.6. The average Bonchev–Trinajstić information content (AvgIpc) is 3.13. The minimum absolute atomic E-state index is 0.262. The van der Waals surface area contributed by atoms with E-state index in [0.717, 1.165) is 11.3 Å². The Bertz CT molecular complexity index is 758. The van der Waals surface area contributed by atoms with Gasteiger partial charge in [-0.2, -0.15) is 10.2 Å². The number of aryl methyl sites for hydroxylation is 1. The number of H-pyrrole nitrogens is 1. The molecule has 2 N–H and O–H groups in total. The summed E-state index contributed by atoms with van der Waals surface area (Å²) in [6, 6.07) is 3.38. The maximum Gasteiger partial charge on any atom is 0.258 e. The number of carbonyl (C=O) groups excluding carboxylic acids is 1. The van der Waals surface area contributed by atoms with E-state index >= 15 is 0 Å². The molecule has 0 saturated carbocycles. The lowest BCUT2D eigenvalue weighted by atomic mass is 10.2. The minimum Gasteiger partial charge on any atom is -0.305 e. The predicted molar refractivity (Wildman–Crippen MR) is 75.2 cm³/mol. The zero-order chi connectivity index (χ0) is 14.8. The van der Waals surface area contributed by atoms with E-state index in [9.17, 15) is 4.79 Å². The fourth-order valence-electron chi connectivity index (χ4n) is 1.77. The molecule has 0 fully saturated rings. The van der Waals surface area contributed by atoms with E-state index < -0.39 is 0 Å². The summed E-state index contributed by atoms with van der Waals surface area (Å²) >= 11 is 0. The van der Waals surface area contributed by atoms with Crippen molar-refractivity contribution >= 4 is 11.7 Å². The molecule has 0 radical (unpaired) electrons. The summed E-state index contributed by atoms with van der Waals surface area (Å²) in [5.74, 6) is 0.857. The van der Waals surface area contributed by atoms with Crippen LogP contribution >= 0.6 is 0 Å². The molecule has 8 nitrogen and oxygen atoms in total. The van der Waals surface area contributed by atoms with Gasteiger partial charge < -0.3 is 5.32 Å². The number of rotatable bonds is 3. The summed E-state index contributed by atoms with van der Waals surface area (Å²) in [6.45, 7) is 3.78. The molecule has 21 heavy (non-hydrogen) atoms. The average molecular weight is 283 g/mol. The van der Waals surface area contributed by atoms with Crippen molar-refractivity contribution in [1.29, 1.82) is 0 Å². The Morgan fingerprint density at radius 3 is 2.76 bits per heavy atom. The van der Waals surface area contributed by atoms with E-state index in [-0.39, 0.29) is 5.91 Å². The van der Waals surface area contributed by atoms with Crippen LogP contribution in [0.1, 0.15) is 21.6 Å². The van der Waals surface area contributed by atoms with Gasteiger partial charge >= 0.3 is 0 Å². The smallest absolute Gasteiger partial charge is 0.258 e. The van der Waals surface area contributed by atoms with E-state index in [1.54, 1.807) is 12.1 Å². The number of carbonyl (C=O) groups is 1. The van der Waals surface area contributed by atoms with Gasteiger partial charge in [0.05, 0.1) is 5.56 Å². The predicted octanol–water partition coefficient (Wildman–Crippen LogP) is 1.25. The molecule has 0 aliphatic rings. The third-order valence-electron chi connectivity index (χ3n) is 3.15. The van der Waals surface area contributed by atoms with Crippen molar-refractivity contribution in [2.24, 2.45) is 0 Å². The highest BCUT2D eigenvalue weighted by molar-refractivity contribution is 6.03. The van der Waals surface area contributed by atoms with Gasteiger partial charge in [0, 0.05) is 17.5 Å². The quantitative estimate of drug-likeness (QED) is 0.753. The summed E-state index contributed by atoms with van der Waals surface area (Å²) in [5, 5.41) is 13.6. The number of amides is 1. The van der Waals surface area contributed by atoms with Crippen LogP contribution in [0.25, 0.3) is 5.82 Å². The molecule has 3 aromatic rings. The van der Waals surface area contributed by atoms with Gasteiger partial charge in [-0.25, -0.2) is 14.6 Å². The summed E-state index contributed by atoms with van der Waals surface area (Å²) in [7, 11) is 0. The van der Waals surface area contributed by atoms with Crippen LogP contribution in [0.5, 0.6) is 0 Å². The Morgan fingerprint density at radius 1 is 1.33 bits per heavy atom. The molecule has 0 aliphatic heterocycles. The first-order valence-corrected chi connectivity index (χ1v) is 6.29. The second-order valence-electron chi connectivity index (χ2n) is 4.52. The standard InChI is InChI=1S/C13H13N7O/c1-8-9(2)18-19-12(8)17-13(21)10-3-4-11(15-5-10)20-7-14-6-16-20/h3-7H,1-2H3,(H2,17,18,19,21). The lowest BCUT2D eigenvalue weighted by Gasteiger charge is -2.04. The molecule has 1 amide bonds. The Labute approximate surface area is 120 Å². The molecule has 3 rings (SSSR count). The number of nitrogens with zero attached hydrogens (tertiary/aromatic N) is 5. The van der Waals surface area contributed by atoms with E-state index in [1.165, 1.54) is 23.5 Å². The topological polar surface area (TPSA) is 101 Å². The molecule has 0 aromatic carbocycles. The summed E-state index contributed by atoms with van der Waals surface area (Å²) in [5.41, 5.74) is 2.28. The number of hydrogen-bond acceptors (Lipinski definition) is 5. The number of pyridine rings is 1. The highest BCUT2D eigenvalue weighted by Crippen LogP contribution is 2.15. The van der Waals surface area contributed by atoms with Gasteiger partial charge in [0.2, 0.25) is 0 Å². The summed E-state index contributed by atoms with van der Waals surface area (Å²) < 4.78 is 1.52. The van der Waals surface area contributed by atoms with Gasteiger partial charge in [0.15, 0.2) is 11.6 Å². The highest BCUT2D eigenvalue weighted by atomic mass is 16.1. The third-order valence-corrected chi connectivity index (χ3v) is 3.15. The molecule has 106 valence electrons. The second kappa shape index (κ2) is 5.16. The summed E-state index contributed by atoms with van der Waals surface area (Å²) in [6.07, 6.45) is 4.45. The van der Waals surface area contributed by atoms with Crippen LogP contribution in [-0.2, 0) is 0 Å². The summed E-state index contributed by atoms with van der Waals surface area (Å²) in [4.78, 5) is 20.2. The monoisotopic (exact) mass is 283 g/mol. The molecule has 0 atom stereocenters. The first kappa shape index (κ1) is 13.0. The van der Waals surface area contributed by atoms with Gasteiger partial charge in [-0.3, -0.25) is 9.89 Å². The van der Waals surface area contributed by atoms with Crippen LogP contribution in [0.3, 0.4) is 0 Å². The Balaban J connectivity index is 1.78. The highest BCUT2D eigenvalue weighted by Gasteiger charge is 2.12. The lowest BCUT2D eigenvalue weighted by Crippen LogP contribution is -2.13. The van der Waals surface area contributed by atoms with Gasteiger partial charge in [-0.15, -0.1) is 0 Å². The molecule has 8 heteroatoms. The molecule has 3 heterocycles. The van der Waals surface area contributed by atoms with Crippen molar-refractivity contribution in [1.82, 2.24) is 29.9 Å². The van der Waals surface area contributed by atoms with Crippen LogP contribution in [-0.4, -0.2) is 35.9 Å². The Kier molecular flexibility index (Phi) is 3.19. The number of hydrogen-bond donors (Lipinski definition) is 2. The third kappa shape index (κ3) is 2.50. The fraction of sp³-hybridized carbons (Fsp3) is 0.154. The zero-order valence-corrected chi connectivity index (χ0v) is 11.5. The maximum absolute atomic E-state index is 12.1. The molecule has 0 spiro atoms. The van der Waals surface area contributed by atoms with Crippen molar-refractivity contribution in [2.45, 2.75) is 13.8 Å². The van der Waals surface area contributed by atoms with Gasteiger partial charge in [0.1, 0.15) is 12.7 Å². The SMILES string of the molecule is Cc1[nH]nc(NC(=O)c2ccc(-n3cncn3)nc2)c1C. The van der Waals surface area contributed by atoms with Gasteiger partial charge in [-0.1, -0.05) is 0 Å². The van der Waals surface area contributed by atoms with E-state index in [1.807, 2.05) is 13.8 Å². The first-order chi connectivity index (χ1) is 10.1. The Morgan fingerprint density at radius 2 is 2.19 bits per heavy atom. The lowest BCUT2D eigenvalue weighted by molar-refractivity contribution is 0.102. The fourth-order valence-corrected chi connectivity index (χ4v) is 1.77. The molecule has 0 bridgehead atoms. The van der Waals surface area contributed by atoms with Crippen molar-refractivity contribution in [2.75, 3.05) is 5.32 Å². The molecule has 0 unspecified atom stereocenters. The van der Waals surface area contributed by atoms with Crippen molar-refractivity contribution in [3.8, 4) is 5.82 Å². The van der Waals surface area contributed by atoms with Crippen molar-refractivity contribution in [3.63, 3.8) is 0 Å². The molecular formula is C13H13N7O. The van der Waals surface area contributed by atoms with Crippen LogP contribution in [0.15, 0.2) is 31.0 Å². The van der Waals surface area contributed by atoms with Gasteiger partial charge in [0.25, 0.3) is 5.91 Å². The van der Waals surface area contributed by atoms with Crippen LogP contribution in [0.2, 0.25) is 0 Å². The van der Waals surface area contributed by atoms with Crippen molar-refractivity contribution in [3.05, 3.63) is 47.8 Å². The molecule has 0 saturated heterocycles. The maximum atomic E-state index is 12.1. The van der Waals surface area contributed by atoms with E-state index in [4.69, 9.17) is 0 Å².